The summed E-state index contributed by atoms with van der Waals surface area (Å²) in [5.41, 5.74) is 0. The van der Waals surface area contributed by atoms with E-state index in [9.17, 15) is 8.42 Å². The van der Waals surface area contributed by atoms with Gasteiger partial charge in [0.2, 0.25) is 15.3 Å². The van der Waals surface area contributed by atoms with Gasteiger partial charge in [-0.05, 0) is 24.6 Å². The Bertz CT molecular complexity index is 727. The van der Waals surface area contributed by atoms with Crippen LogP contribution in [0.15, 0.2) is 6.07 Å². The van der Waals surface area contributed by atoms with Gasteiger partial charge < -0.3 is 5.32 Å². The Hall–Kier alpha value is -0.960. The summed E-state index contributed by atoms with van der Waals surface area (Å²) in [6, 6.07) is 1.96. The Balaban J connectivity index is 2.18. The third-order valence-electron chi connectivity index (χ3n) is 2.70. The van der Waals surface area contributed by atoms with Crippen molar-refractivity contribution < 1.29 is 8.42 Å². The largest absolute Gasteiger partial charge is 0.368 e. The fourth-order valence-corrected chi connectivity index (χ4v) is 3.46. The Labute approximate surface area is 126 Å². The molecule has 0 radical (unpaired) electrons. The fraction of sp³-hybridized carbons (Fsp3) is 0.455. The molecule has 2 aromatic heterocycles. The van der Waals surface area contributed by atoms with E-state index >= 15 is 0 Å². The third-order valence-corrected chi connectivity index (χ3v) is 5.64. The second-order valence-electron chi connectivity index (χ2n) is 4.44. The molecular formula is C11H15ClN4O2S2. The number of halogens is 1. The minimum atomic E-state index is -3.23. The van der Waals surface area contributed by atoms with Crippen LogP contribution < -0.4 is 5.32 Å². The van der Waals surface area contributed by atoms with E-state index in [-0.39, 0.29) is 17.6 Å². The molecule has 0 aromatic carbocycles. The van der Waals surface area contributed by atoms with Gasteiger partial charge >= 0.3 is 0 Å². The van der Waals surface area contributed by atoms with Crippen LogP contribution in [-0.4, -0.2) is 49.1 Å². The Kier molecular flexibility index (Phi) is 4.48. The zero-order valence-electron chi connectivity index (χ0n) is 11.3. The minimum absolute atomic E-state index is 0.00770. The highest BCUT2D eigenvalue weighted by molar-refractivity contribution is 7.89. The molecule has 1 N–H and O–H groups in total. The van der Waals surface area contributed by atoms with E-state index in [0.717, 1.165) is 15.1 Å². The summed E-state index contributed by atoms with van der Waals surface area (Å²) >= 11 is 7.39. The summed E-state index contributed by atoms with van der Waals surface area (Å²) in [7, 11) is -0.207. The van der Waals surface area contributed by atoms with Gasteiger partial charge in [-0.15, -0.1) is 11.3 Å². The summed E-state index contributed by atoms with van der Waals surface area (Å²) in [6.45, 7) is 2.23. The fourth-order valence-electron chi connectivity index (χ4n) is 1.63. The van der Waals surface area contributed by atoms with Crippen LogP contribution in [0.1, 0.15) is 4.88 Å². The van der Waals surface area contributed by atoms with E-state index in [0.29, 0.717) is 5.82 Å². The molecule has 110 valence electrons. The maximum absolute atomic E-state index is 11.7. The molecule has 0 aliphatic carbocycles. The first kappa shape index (κ1) is 15.4. The number of sulfonamides is 1. The number of hydrogen-bond donors (Lipinski definition) is 1. The second-order valence-corrected chi connectivity index (χ2v) is 8.32. The molecule has 2 heterocycles. The average molecular weight is 335 g/mol. The second kappa shape index (κ2) is 5.80. The van der Waals surface area contributed by atoms with Gasteiger partial charge in [-0.1, -0.05) is 0 Å². The molecule has 20 heavy (non-hydrogen) atoms. The highest BCUT2D eigenvalue weighted by Crippen LogP contribution is 2.29. The Morgan fingerprint density at radius 3 is 2.75 bits per heavy atom. The Morgan fingerprint density at radius 2 is 2.10 bits per heavy atom. The van der Waals surface area contributed by atoms with E-state index in [2.05, 4.69) is 15.3 Å². The summed E-state index contributed by atoms with van der Waals surface area (Å²) in [5, 5.41) is 4.03. The third kappa shape index (κ3) is 3.38. The van der Waals surface area contributed by atoms with Crippen molar-refractivity contribution in [3.8, 4) is 0 Å². The SMILES string of the molecule is Cc1cc2c(NCCS(=O)(=O)N(C)C)nc(Cl)nc2s1. The van der Waals surface area contributed by atoms with Crippen LogP contribution in [0, 0.1) is 6.92 Å². The standard InChI is InChI=1S/C11H15ClN4O2S2/c1-7-6-8-9(14-11(12)15-10(8)19-7)13-4-5-20(17,18)16(2)3/h6H,4-5H2,1-3H3,(H,13,14,15). The first-order chi connectivity index (χ1) is 9.29. The number of anilines is 1. The summed E-state index contributed by atoms with van der Waals surface area (Å²) < 4.78 is 24.6. The van der Waals surface area contributed by atoms with Gasteiger partial charge in [0, 0.05) is 25.5 Å². The molecule has 0 unspecified atom stereocenters. The van der Waals surface area contributed by atoms with Crippen molar-refractivity contribution in [2.45, 2.75) is 6.92 Å². The number of aromatic nitrogens is 2. The highest BCUT2D eigenvalue weighted by atomic mass is 35.5. The van der Waals surface area contributed by atoms with Gasteiger partial charge in [-0.3, -0.25) is 0 Å². The van der Waals surface area contributed by atoms with Crippen molar-refractivity contribution in [3.63, 3.8) is 0 Å². The average Bonchev–Trinajstić information content (AvgIpc) is 2.68. The zero-order chi connectivity index (χ0) is 14.9. The number of rotatable bonds is 5. The predicted molar refractivity (Wildman–Crippen MR) is 83.1 cm³/mol. The van der Waals surface area contributed by atoms with E-state index < -0.39 is 10.0 Å². The van der Waals surface area contributed by atoms with E-state index in [1.165, 1.54) is 29.7 Å². The van der Waals surface area contributed by atoms with E-state index in [1.807, 2.05) is 13.0 Å². The minimum Gasteiger partial charge on any atom is -0.368 e. The lowest BCUT2D eigenvalue weighted by molar-refractivity contribution is 0.521. The number of nitrogens with one attached hydrogen (secondary N) is 1. The van der Waals surface area contributed by atoms with Gasteiger partial charge in [0.15, 0.2) is 0 Å². The molecule has 0 saturated heterocycles. The molecule has 0 aliphatic rings. The van der Waals surface area contributed by atoms with Crippen LogP contribution in [-0.2, 0) is 10.0 Å². The number of fused-ring (bicyclic) bond motifs is 1. The van der Waals surface area contributed by atoms with Crippen LogP contribution in [0.5, 0.6) is 0 Å². The topological polar surface area (TPSA) is 75.2 Å². The monoisotopic (exact) mass is 334 g/mol. The van der Waals surface area contributed by atoms with E-state index in [1.54, 1.807) is 0 Å². The number of aryl methyl sites for hydroxylation is 1. The highest BCUT2D eigenvalue weighted by Gasteiger charge is 2.14. The summed E-state index contributed by atoms with van der Waals surface area (Å²) in [5.74, 6) is 0.560. The van der Waals surface area contributed by atoms with Crippen molar-refractivity contribution in [2.24, 2.45) is 0 Å². The van der Waals surface area contributed by atoms with Crippen molar-refractivity contribution in [1.29, 1.82) is 0 Å². The normalized spacial score (nSPS) is 12.2. The predicted octanol–water partition coefficient (Wildman–Crippen LogP) is 1.96. The van der Waals surface area contributed by atoms with Gasteiger partial charge in [0.05, 0.1) is 11.1 Å². The van der Waals surface area contributed by atoms with Crippen molar-refractivity contribution in [3.05, 3.63) is 16.2 Å². The lowest BCUT2D eigenvalue weighted by atomic mass is 10.3. The maximum atomic E-state index is 11.7. The van der Waals surface area contributed by atoms with Gasteiger partial charge in [-0.2, -0.15) is 0 Å². The van der Waals surface area contributed by atoms with Crippen LogP contribution in [0.2, 0.25) is 5.28 Å². The molecule has 0 fully saturated rings. The number of nitrogens with zero attached hydrogens (tertiary/aromatic N) is 3. The molecule has 0 amide bonds. The van der Waals surface area contributed by atoms with E-state index in [4.69, 9.17) is 11.6 Å². The summed E-state index contributed by atoms with van der Waals surface area (Å²) in [6.07, 6.45) is 0. The lowest BCUT2D eigenvalue weighted by Crippen LogP contribution is -2.28. The zero-order valence-corrected chi connectivity index (χ0v) is 13.7. The lowest BCUT2D eigenvalue weighted by Gasteiger charge is -2.12. The smallest absolute Gasteiger partial charge is 0.225 e. The molecule has 0 bridgehead atoms. The molecule has 2 aromatic rings. The molecule has 6 nitrogen and oxygen atoms in total. The van der Waals surface area contributed by atoms with Crippen LogP contribution in [0.4, 0.5) is 5.82 Å². The molecule has 0 saturated carbocycles. The Morgan fingerprint density at radius 1 is 1.40 bits per heavy atom. The molecule has 2 rings (SSSR count). The number of hydrogen-bond acceptors (Lipinski definition) is 6. The first-order valence-corrected chi connectivity index (χ1v) is 8.68. The quantitative estimate of drug-likeness (QED) is 0.846. The molecular weight excluding hydrogens is 320 g/mol. The number of thiophene rings is 1. The first-order valence-electron chi connectivity index (χ1n) is 5.87. The van der Waals surface area contributed by atoms with Crippen molar-refractivity contribution >= 4 is 49.0 Å². The van der Waals surface area contributed by atoms with Gasteiger partial charge in [-0.25, -0.2) is 22.7 Å². The molecule has 9 heteroatoms. The van der Waals surface area contributed by atoms with Crippen LogP contribution >= 0.6 is 22.9 Å². The maximum Gasteiger partial charge on any atom is 0.225 e. The molecule has 0 aliphatic heterocycles. The van der Waals surface area contributed by atoms with Crippen molar-refractivity contribution in [2.75, 3.05) is 31.7 Å². The summed E-state index contributed by atoms with van der Waals surface area (Å²) in [4.78, 5) is 10.2. The molecule has 0 spiro atoms. The van der Waals surface area contributed by atoms with Crippen molar-refractivity contribution in [1.82, 2.24) is 14.3 Å². The van der Waals surface area contributed by atoms with Gasteiger partial charge in [0.25, 0.3) is 0 Å². The van der Waals surface area contributed by atoms with Gasteiger partial charge in [0.1, 0.15) is 10.6 Å². The molecule has 0 atom stereocenters. The van der Waals surface area contributed by atoms with Crippen LogP contribution in [0.25, 0.3) is 10.2 Å². The van der Waals surface area contributed by atoms with Crippen LogP contribution in [0.3, 0.4) is 0 Å².